The van der Waals surface area contributed by atoms with E-state index in [1.54, 1.807) is 0 Å². The third-order valence-electron chi connectivity index (χ3n) is 4.39. The number of anilines is 1. The Labute approximate surface area is 149 Å². The molecule has 0 aliphatic carbocycles. The van der Waals surface area contributed by atoms with Crippen LogP contribution in [0.25, 0.3) is 22.3 Å². The number of unbranched alkanes of at least 4 members (excludes halogenated alkanes) is 4. The van der Waals surface area contributed by atoms with Crippen molar-refractivity contribution >= 4 is 22.6 Å². The maximum Gasteiger partial charge on any atom is 0.224 e. The minimum absolute atomic E-state index is 0.0907. The van der Waals surface area contributed by atoms with Crippen molar-refractivity contribution in [3.8, 4) is 11.3 Å². The van der Waals surface area contributed by atoms with E-state index >= 15 is 0 Å². The van der Waals surface area contributed by atoms with Crippen LogP contribution in [-0.4, -0.2) is 5.91 Å². The van der Waals surface area contributed by atoms with Crippen molar-refractivity contribution in [1.29, 1.82) is 0 Å². The number of carbonyl (C=O) groups is 1. The van der Waals surface area contributed by atoms with Crippen LogP contribution in [-0.2, 0) is 4.79 Å². The summed E-state index contributed by atoms with van der Waals surface area (Å²) >= 11 is 0. The predicted molar refractivity (Wildman–Crippen MR) is 104 cm³/mol. The molecule has 1 N–H and O–H groups in total. The molecule has 0 fully saturated rings. The summed E-state index contributed by atoms with van der Waals surface area (Å²) in [6.07, 6.45) is 6.38. The molecule has 1 amide bonds. The van der Waals surface area contributed by atoms with Crippen LogP contribution in [0.15, 0.2) is 59.0 Å². The number of benzene rings is 2. The molecule has 3 rings (SSSR count). The van der Waals surface area contributed by atoms with E-state index in [-0.39, 0.29) is 5.91 Å². The van der Waals surface area contributed by atoms with Crippen LogP contribution >= 0.6 is 0 Å². The molecule has 0 aliphatic rings. The number of amides is 1. The molecule has 3 nitrogen and oxygen atoms in total. The number of fused-ring (bicyclic) bond motifs is 1. The molecule has 0 saturated carbocycles. The topological polar surface area (TPSA) is 42.2 Å². The van der Waals surface area contributed by atoms with Gasteiger partial charge in [0.1, 0.15) is 11.3 Å². The number of furan rings is 1. The zero-order valence-corrected chi connectivity index (χ0v) is 14.8. The lowest BCUT2D eigenvalue weighted by Crippen LogP contribution is -2.10. The van der Waals surface area contributed by atoms with Crippen molar-refractivity contribution in [2.24, 2.45) is 0 Å². The van der Waals surface area contributed by atoms with Crippen LogP contribution in [0, 0.1) is 0 Å². The maximum absolute atomic E-state index is 12.0. The summed E-state index contributed by atoms with van der Waals surface area (Å²) in [5, 5.41) is 4.06. The fourth-order valence-corrected chi connectivity index (χ4v) is 2.95. The third kappa shape index (κ3) is 4.72. The number of carbonyl (C=O) groups excluding carboxylic acids is 1. The van der Waals surface area contributed by atoms with Crippen LogP contribution in [0.3, 0.4) is 0 Å². The Morgan fingerprint density at radius 1 is 0.960 bits per heavy atom. The highest BCUT2D eigenvalue weighted by molar-refractivity contribution is 5.91. The molecule has 2 aromatic carbocycles. The standard InChI is InChI=1S/C22H25NO2/c1-2-3-4-5-6-11-22(24)23-19-14-12-17(13-15-19)21-16-18-9-7-8-10-20(18)25-21/h7-10,12-16H,2-6,11H2,1H3,(H,23,24). The Balaban J connectivity index is 1.56. The van der Waals surface area contributed by atoms with Gasteiger partial charge in [-0.3, -0.25) is 4.79 Å². The Kier molecular flexibility index (Phi) is 5.89. The van der Waals surface area contributed by atoms with Gasteiger partial charge in [-0.2, -0.15) is 0 Å². The van der Waals surface area contributed by atoms with Gasteiger partial charge in [-0.15, -0.1) is 0 Å². The molecule has 0 unspecified atom stereocenters. The largest absolute Gasteiger partial charge is 0.456 e. The molecule has 1 heterocycles. The van der Waals surface area contributed by atoms with Crippen LogP contribution in [0.1, 0.15) is 45.4 Å². The number of hydrogen-bond acceptors (Lipinski definition) is 2. The number of nitrogens with one attached hydrogen (secondary N) is 1. The Hall–Kier alpha value is -2.55. The first-order valence-corrected chi connectivity index (χ1v) is 9.15. The second-order valence-electron chi connectivity index (χ2n) is 6.44. The van der Waals surface area contributed by atoms with Gasteiger partial charge < -0.3 is 9.73 Å². The molecule has 0 atom stereocenters. The summed E-state index contributed by atoms with van der Waals surface area (Å²) in [6, 6.07) is 17.8. The summed E-state index contributed by atoms with van der Waals surface area (Å²) in [5.74, 6) is 0.933. The SMILES string of the molecule is CCCCCCCC(=O)Nc1ccc(-c2cc3ccccc3o2)cc1. The zero-order chi connectivity index (χ0) is 17.5. The molecule has 0 radical (unpaired) electrons. The highest BCUT2D eigenvalue weighted by atomic mass is 16.3. The molecule has 0 saturated heterocycles. The van der Waals surface area contributed by atoms with E-state index in [1.807, 2.05) is 54.6 Å². The normalized spacial score (nSPS) is 10.9. The van der Waals surface area contributed by atoms with Gasteiger partial charge in [-0.25, -0.2) is 0 Å². The minimum Gasteiger partial charge on any atom is -0.456 e. The molecule has 0 aliphatic heterocycles. The van der Waals surface area contributed by atoms with E-state index < -0.39 is 0 Å². The van der Waals surface area contributed by atoms with Crippen LogP contribution in [0.5, 0.6) is 0 Å². The number of hydrogen-bond donors (Lipinski definition) is 1. The first-order valence-electron chi connectivity index (χ1n) is 9.15. The highest BCUT2D eigenvalue weighted by Crippen LogP contribution is 2.28. The number of para-hydroxylation sites is 1. The molecule has 1 aromatic heterocycles. The van der Waals surface area contributed by atoms with Crippen molar-refractivity contribution in [3.05, 3.63) is 54.6 Å². The van der Waals surface area contributed by atoms with E-state index in [0.29, 0.717) is 6.42 Å². The summed E-state index contributed by atoms with van der Waals surface area (Å²) in [5.41, 5.74) is 2.73. The average molecular weight is 335 g/mol. The summed E-state index contributed by atoms with van der Waals surface area (Å²) in [6.45, 7) is 2.20. The fraction of sp³-hybridized carbons (Fsp3) is 0.318. The number of rotatable bonds is 8. The lowest BCUT2D eigenvalue weighted by atomic mass is 10.1. The van der Waals surface area contributed by atoms with Gasteiger partial charge in [0.05, 0.1) is 0 Å². The van der Waals surface area contributed by atoms with Crippen molar-refractivity contribution in [3.63, 3.8) is 0 Å². The predicted octanol–water partition coefficient (Wildman–Crippen LogP) is 6.40. The Bertz CT molecular complexity index is 784. The quantitative estimate of drug-likeness (QED) is 0.484. The van der Waals surface area contributed by atoms with E-state index in [0.717, 1.165) is 40.8 Å². The molecule has 0 bridgehead atoms. The van der Waals surface area contributed by atoms with Crippen molar-refractivity contribution in [2.45, 2.75) is 45.4 Å². The maximum atomic E-state index is 12.0. The van der Waals surface area contributed by atoms with E-state index in [2.05, 4.69) is 12.2 Å². The lowest BCUT2D eigenvalue weighted by Gasteiger charge is -2.06. The lowest BCUT2D eigenvalue weighted by molar-refractivity contribution is -0.116. The second kappa shape index (κ2) is 8.52. The van der Waals surface area contributed by atoms with Crippen molar-refractivity contribution in [2.75, 3.05) is 5.32 Å². The van der Waals surface area contributed by atoms with Gasteiger partial charge in [-0.1, -0.05) is 50.8 Å². The van der Waals surface area contributed by atoms with Gasteiger partial charge in [-0.05, 0) is 42.8 Å². The Morgan fingerprint density at radius 3 is 2.48 bits per heavy atom. The van der Waals surface area contributed by atoms with E-state index in [9.17, 15) is 4.79 Å². The van der Waals surface area contributed by atoms with E-state index in [4.69, 9.17) is 4.42 Å². The summed E-state index contributed by atoms with van der Waals surface area (Å²) in [7, 11) is 0. The summed E-state index contributed by atoms with van der Waals surface area (Å²) in [4.78, 5) is 12.0. The van der Waals surface area contributed by atoms with Crippen molar-refractivity contribution < 1.29 is 9.21 Å². The molecule has 130 valence electrons. The van der Waals surface area contributed by atoms with Gasteiger partial charge in [0, 0.05) is 23.1 Å². The van der Waals surface area contributed by atoms with Crippen LogP contribution < -0.4 is 5.32 Å². The first kappa shape index (κ1) is 17.3. The van der Waals surface area contributed by atoms with E-state index in [1.165, 1.54) is 19.3 Å². The molecule has 25 heavy (non-hydrogen) atoms. The molecule has 0 spiro atoms. The molecular formula is C22H25NO2. The average Bonchev–Trinajstić information content (AvgIpc) is 3.06. The Morgan fingerprint density at radius 2 is 1.72 bits per heavy atom. The van der Waals surface area contributed by atoms with Gasteiger partial charge in [0.2, 0.25) is 5.91 Å². The zero-order valence-electron chi connectivity index (χ0n) is 14.8. The summed E-state index contributed by atoms with van der Waals surface area (Å²) < 4.78 is 5.87. The van der Waals surface area contributed by atoms with Crippen LogP contribution in [0.4, 0.5) is 5.69 Å². The fourth-order valence-electron chi connectivity index (χ4n) is 2.95. The smallest absolute Gasteiger partial charge is 0.224 e. The molecular weight excluding hydrogens is 310 g/mol. The molecule has 3 heteroatoms. The first-order chi connectivity index (χ1) is 12.3. The minimum atomic E-state index is 0.0907. The van der Waals surface area contributed by atoms with Gasteiger partial charge >= 0.3 is 0 Å². The molecule has 3 aromatic rings. The highest BCUT2D eigenvalue weighted by Gasteiger charge is 2.07. The van der Waals surface area contributed by atoms with Gasteiger partial charge in [0.15, 0.2) is 0 Å². The monoisotopic (exact) mass is 335 g/mol. The van der Waals surface area contributed by atoms with Crippen LogP contribution in [0.2, 0.25) is 0 Å². The van der Waals surface area contributed by atoms with Crippen molar-refractivity contribution in [1.82, 2.24) is 0 Å². The third-order valence-corrected chi connectivity index (χ3v) is 4.39. The second-order valence-corrected chi connectivity index (χ2v) is 6.44. The van der Waals surface area contributed by atoms with Gasteiger partial charge in [0.25, 0.3) is 0 Å².